The third-order valence-electron chi connectivity index (χ3n) is 6.26. The number of amides is 2. The van der Waals surface area contributed by atoms with Crippen LogP contribution < -0.4 is 21.7 Å². The van der Waals surface area contributed by atoms with Crippen molar-refractivity contribution in [1.82, 2.24) is 16.0 Å². The summed E-state index contributed by atoms with van der Waals surface area (Å²) < 4.78 is 0. The lowest BCUT2D eigenvalue weighted by Gasteiger charge is -2.23. The van der Waals surface area contributed by atoms with E-state index in [1.54, 1.807) is 0 Å². The van der Waals surface area contributed by atoms with Crippen molar-refractivity contribution >= 4 is 17.8 Å². The van der Waals surface area contributed by atoms with Gasteiger partial charge in [-0.3, -0.25) is 15.0 Å². The Labute approximate surface area is 224 Å². The summed E-state index contributed by atoms with van der Waals surface area (Å²) in [5.74, 6) is -1.22. The molecule has 3 aromatic rings. The van der Waals surface area contributed by atoms with Crippen molar-refractivity contribution in [2.24, 2.45) is 5.73 Å². The Hall–Kier alpha value is -4.17. The number of nitrogens with one attached hydrogen (secondary N) is 4. The fourth-order valence-corrected chi connectivity index (χ4v) is 4.26. The summed E-state index contributed by atoms with van der Waals surface area (Å²) in [6, 6.07) is 26.2. The van der Waals surface area contributed by atoms with Crippen LogP contribution in [0.2, 0.25) is 0 Å². The van der Waals surface area contributed by atoms with Gasteiger partial charge in [0.25, 0.3) is 0 Å². The minimum Gasteiger partial charge on any atom is -0.396 e. The second kappa shape index (κ2) is 15.2. The van der Waals surface area contributed by atoms with Crippen LogP contribution in [0.25, 0.3) is 0 Å². The predicted molar refractivity (Wildman–Crippen MR) is 150 cm³/mol. The zero-order valence-corrected chi connectivity index (χ0v) is 21.5. The van der Waals surface area contributed by atoms with Gasteiger partial charge < -0.3 is 26.8 Å². The van der Waals surface area contributed by atoms with Crippen LogP contribution in [0.5, 0.6) is 0 Å². The molecule has 0 aromatic heterocycles. The van der Waals surface area contributed by atoms with Gasteiger partial charge in [0.2, 0.25) is 11.8 Å². The zero-order valence-electron chi connectivity index (χ0n) is 21.5. The minimum absolute atomic E-state index is 0.134. The molecular formula is C30H37N5O3. The van der Waals surface area contributed by atoms with E-state index in [9.17, 15) is 9.59 Å². The van der Waals surface area contributed by atoms with E-state index in [2.05, 4.69) is 16.0 Å². The molecule has 200 valence electrons. The van der Waals surface area contributed by atoms with Crippen LogP contribution in [0.15, 0.2) is 84.9 Å². The monoisotopic (exact) mass is 515 g/mol. The number of carbonyl (C=O) groups excluding carboxylic acids is 2. The highest BCUT2D eigenvalue weighted by Crippen LogP contribution is 2.25. The standard InChI is InChI=1S/C30H37N5O3/c31-30(32)33-19-7-14-26(28(37)34-21-23-17-15-22(16-18-23)9-8-20-36)35-29(38)27(24-10-3-1-4-11-24)25-12-5-2-6-13-25/h1-6,10-13,15-18,26-27,36H,7-9,14,19-21H2,(H,34,37)(H,35,38)(H4,31,32,33). The van der Waals surface area contributed by atoms with Crippen molar-refractivity contribution in [3.8, 4) is 0 Å². The number of rotatable bonds is 14. The Balaban J connectivity index is 1.71. The number of guanidine groups is 1. The van der Waals surface area contributed by atoms with E-state index in [0.29, 0.717) is 32.4 Å². The van der Waals surface area contributed by atoms with Crippen LogP contribution >= 0.6 is 0 Å². The van der Waals surface area contributed by atoms with Gasteiger partial charge in [-0.25, -0.2) is 0 Å². The summed E-state index contributed by atoms with van der Waals surface area (Å²) >= 11 is 0. The SMILES string of the molecule is N=C(N)NCCCC(NC(=O)C(c1ccccc1)c1ccccc1)C(=O)NCc1ccc(CCCO)cc1. The van der Waals surface area contributed by atoms with Crippen molar-refractivity contribution in [2.45, 2.75) is 44.2 Å². The number of aliphatic hydroxyl groups excluding tert-OH is 1. The molecule has 0 bridgehead atoms. The molecule has 0 fully saturated rings. The van der Waals surface area contributed by atoms with Crippen LogP contribution in [0.1, 0.15) is 47.4 Å². The maximum absolute atomic E-state index is 13.6. The van der Waals surface area contributed by atoms with Gasteiger partial charge in [0.15, 0.2) is 5.96 Å². The summed E-state index contributed by atoms with van der Waals surface area (Å²) in [5, 5.41) is 25.0. The van der Waals surface area contributed by atoms with E-state index in [1.807, 2.05) is 84.9 Å². The van der Waals surface area contributed by atoms with Crippen LogP contribution in [-0.4, -0.2) is 42.1 Å². The number of hydrogen-bond acceptors (Lipinski definition) is 4. The first-order valence-electron chi connectivity index (χ1n) is 12.9. The molecule has 0 aliphatic heterocycles. The Morgan fingerprint density at radius 1 is 0.789 bits per heavy atom. The Morgan fingerprint density at radius 2 is 1.37 bits per heavy atom. The molecule has 0 spiro atoms. The average Bonchev–Trinajstić information content (AvgIpc) is 2.94. The fourth-order valence-electron chi connectivity index (χ4n) is 4.26. The summed E-state index contributed by atoms with van der Waals surface area (Å²) in [7, 11) is 0. The number of nitrogens with two attached hydrogens (primary N) is 1. The summed E-state index contributed by atoms with van der Waals surface area (Å²) in [6.07, 6.45) is 2.44. The van der Waals surface area contributed by atoms with Gasteiger partial charge in [-0.15, -0.1) is 0 Å². The molecule has 2 amide bonds. The van der Waals surface area contributed by atoms with Crippen LogP contribution in [-0.2, 0) is 22.6 Å². The van der Waals surface area contributed by atoms with Gasteiger partial charge in [-0.2, -0.15) is 0 Å². The topological polar surface area (TPSA) is 140 Å². The van der Waals surface area contributed by atoms with Crippen molar-refractivity contribution in [3.63, 3.8) is 0 Å². The highest BCUT2D eigenvalue weighted by molar-refractivity contribution is 5.92. The summed E-state index contributed by atoms with van der Waals surface area (Å²) in [4.78, 5) is 26.9. The molecule has 0 radical (unpaired) electrons. The molecule has 1 atom stereocenters. The van der Waals surface area contributed by atoms with E-state index < -0.39 is 12.0 Å². The molecule has 7 N–H and O–H groups in total. The molecule has 8 heteroatoms. The van der Waals surface area contributed by atoms with Crippen LogP contribution in [0.3, 0.4) is 0 Å². The van der Waals surface area contributed by atoms with E-state index in [1.165, 1.54) is 0 Å². The Bertz CT molecular complexity index is 1110. The van der Waals surface area contributed by atoms with Gasteiger partial charge in [-0.1, -0.05) is 84.9 Å². The molecule has 0 aliphatic rings. The van der Waals surface area contributed by atoms with Gasteiger partial charge in [0, 0.05) is 19.7 Å². The van der Waals surface area contributed by atoms with Gasteiger partial charge >= 0.3 is 0 Å². The van der Waals surface area contributed by atoms with Crippen LogP contribution in [0, 0.1) is 5.41 Å². The lowest BCUT2D eigenvalue weighted by Crippen LogP contribution is -2.48. The van der Waals surface area contributed by atoms with Crippen molar-refractivity contribution in [2.75, 3.05) is 13.2 Å². The van der Waals surface area contributed by atoms with Crippen LogP contribution in [0.4, 0.5) is 0 Å². The maximum Gasteiger partial charge on any atom is 0.242 e. The first-order valence-corrected chi connectivity index (χ1v) is 12.9. The number of aliphatic hydroxyl groups is 1. The molecule has 38 heavy (non-hydrogen) atoms. The number of hydrogen-bond donors (Lipinski definition) is 6. The first-order chi connectivity index (χ1) is 18.5. The quantitative estimate of drug-likeness (QED) is 0.111. The Kier molecular flexibility index (Phi) is 11.3. The molecule has 0 heterocycles. The molecule has 0 saturated heterocycles. The van der Waals surface area contributed by atoms with Gasteiger partial charge in [0.05, 0.1) is 5.92 Å². The third kappa shape index (κ3) is 9.05. The molecule has 0 aliphatic carbocycles. The molecule has 3 rings (SSSR count). The molecule has 8 nitrogen and oxygen atoms in total. The van der Waals surface area contributed by atoms with E-state index in [4.69, 9.17) is 16.2 Å². The Morgan fingerprint density at radius 3 is 1.92 bits per heavy atom. The lowest BCUT2D eigenvalue weighted by molar-refractivity contribution is -0.129. The zero-order chi connectivity index (χ0) is 27.2. The number of carbonyl (C=O) groups is 2. The van der Waals surface area contributed by atoms with E-state index in [0.717, 1.165) is 28.7 Å². The summed E-state index contributed by atoms with van der Waals surface area (Å²) in [5.41, 5.74) is 9.14. The van der Waals surface area contributed by atoms with E-state index >= 15 is 0 Å². The highest BCUT2D eigenvalue weighted by atomic mass is 16.3. The van der Waals surface area contributed by atoms with E-state index in [-0.39, 0.29) is 24.4 Å². The molecule has 3 aromatic carbocycles. The number of benzene rings is 3. The fraction of sp³-hybridized carbons (Fsp3) is 0.300. The second-order valence-corrected chi connectivity index (χ2v) is 9.16. The van der Waals surface area contributed by atoms with Crippen molar-refractivity contribution in [1.29, 1.82) is 5.41 Å². The summed E-state index contributed by atoms with van der Waals surface area (Å²) in [6.45, 7) is 0.908. The lowest BCUT2D eigenvalue weighted by atomic mass is 9.90. The normalized spacial score (nSPS) is 11.5. The molecule has 1 unspecified atom stereocenters. The van der Waals surface area contributed by atoms with Gasteiger partial charge in [-0.05, 0) is 47.9 Å². The van der Waals surface area contributed by atoms with Crippen molar-refractivity contribution in [3.05, 3.63) is 107 Å². The first kappa shape index (κ1) is 28.4. The smallest absolute Gasteiger partial charge is 0.242 e. The maximum atomic E-state index is 13.6. The number of aryl methyl sites for hydroxylation is 1. The highest BCUT2D eigenvalue weighted by Gasteiger charge is 2.27. The molecule has 0 saturated carbocycles. The minimum atomic E-state index is -0.755. The largest absolute Gasteiger partial charge is 0.396 e. The second-order valence-electron chi connectivity index (χ2n) is 9.16. The average molecular weight is 516 g/mol. The predicted octanol–water partition coefficient (Wildman–Crippen LogP) is 2.81. The van der Waals surface area contributed by atoms with Crippen molar-refractivity contribution < 1.29 is 14.7 Å². The van der Waals surface area contributed by atoms with Gasteiger partial charge in [0.1, 0.15) is 6.04 Å². The third-order valence-corrected chi connectivity index (χ3v) is 6.26. The molecular weight excluding hydrogens is 478 g/mol.